The van der Waals surface area contributed by atoms with Crippen LogP contribution in [0.3, 0.4) is 0 Å². The number of methoxy groups -OCH3 is 2. The van der Waals surface area contributed by atoms with Crippen molar-refractivity contribution in [1.29, 1.82) is 0 Å². The van der Waals surface area contributed by atoms with E-state index in [0.29, 0.717) is 11.5 Å². The second-order valence-electron chi connectivity index (χ2n) is 4.15. The standard InChI is InChI=1S/C15H16NO3/c1-18-12-7-8-13(14(9-12)19-2)15(16)10-3-5-11(17)6-4-10/h3-9,15H,16H2,1-2H3. The lowest BCUT2D eigenvalue weighted by molar-refractivity contribution is 0.354. The van der Waals surface area contributed by atoms with E-state index in [1.807, 2.05) is 12.1 Å². The minimum atomic E-state index is -0.346. The lowest BCUT2D eigenvalue weighted by Crippen LogP contribution is -2.13. The van der Waals surface area contributed by atoms with Crippen LogP contribution >= 0.6 is 0 Å². The van der Waals surface area contributed by atoms with Crippen LogP contribution in [0.4, 0.5) is 0 Å². The molecule has 0 bridgehead atoms. The van der Waals surface area contributed by atoms with E-state index in [4.69, 9.17) is 15.2 Å². The minimum absolute atomic E-state index is 0.0300. The molecule has 0 fully saturated rings. The highest BCUT2D eigenvalue weighted by Gasteiger charge is 2.15. The van der Waals surface area contributed by atoms with Crippen molar-refractivity contribution in [3.05, 3.63) is 53.6 Å². The Morgan fingerprint density at radius 3 is 2.26 bits per heavy atom. The molecule has 99 valence electrons. The van der Waals surface area contributed by atoms with Crippen LogP contribution in [0.1, 0.15) is 17.2 Å². The SMILES string of the molecule is COc1ccc(C(N)c2ccc([O])cc2)c(OC)c1. The number of rotatable bonds is 4. The number of hydrogen-bond acceptors (Lipinski definition) is 3. The largest absolute Gasteiger partial charge is 0.497 e. The summed E-state index contributed by atoms with van der Waals surface area (Å²) in [6.07, 6.45) is 0. The van der Waals surface area contributed by atoms with Gasteiger partial charge in [-0.3, -0.25) is 5.11 Å². The molecule has 4 nitrogen and oxygen atoms in total. The summed E-state index contributed by atoms with van der Waals surface area (Å²) in [5, 5.41) is 11.1. The van der Waals surface area contributed by atoms with Gasteiger partial charge in [-0.05, 0) is 29.8 Å². The summed E-state index contributed by atoms with van der Waals surface area (Å²) in [6, 6.07) is 11.6. The molecule has 2 N–H and O–H groups in total. The second kappa shape index (κ2) is 5.63. The van der Waals surface area contributed by atoms with Gasteiger partial charge in [0, 0.05) is 11.6 Å². The highest BCUT2D eigenvalue weighted by atomic mass is 16.5. The maximum Gasteiger partial charge on any atom is 0.178 e. The summed E-state index contributed by atoms with van der Waals surface area (Å²) in [5.41, 5.74) is 7.92. The van der Waals surface area contributed by atoms with Crippen LogP contribution in [0.25, 0.3) is 0 Å². The zero-order chi connectivity index (χ0) is 13.8. The molecule has 2 rings (SSSR count). The topological polar surface area (TPSA) is 64.4 Å². The summed E-state index contributed by atoms with van der Waals surface area (Å²) in [4.78, 5) is 0. The molecular formula is C15H16NO3. The van der Waals surface area contributed by atoms with Crippen molar-refractivity contribution in [1.82, 2.24) is 0 Å². The second-order valence-corrected chi connectivity index (χ2v) is 4.15. The maximum absolute atomic E-state index is 11.1. The summed E-state index contributed by atoms with van der Waals surface area (Å²) < 4.78 is 10.5. The van der Waals surface area contributed by atoms with Gasteiger partial charge in [0.15, 0.2) is 5.75 Å². The predicted octanol–water partition coefficient (Wildman–Crippen LogP) is 2.90. The van der Waals surface area contributed by atoms with Crippen molar-refractivity contribution >= 4 is 0 Å². The van der Waals surface area contributed by atoms with Gasteiger partial charge in [0.25, 0.3) is 0 Å². The molecule has 0 saturated carbocycles. The van der Waals surface area contributed by atoms with Crippen LogP contribution in [-0.4, -0.2) is 14.2 Å². The first-order valence-corrected chi connectivity index (χ1v) is 5.90. The third-order valence-electron chi connectivity index (χ3n) is 3.01. The van der Waals surface area contributed by atoms with Crippen LogP contribution in [0.15, 0.2) is 42.5 Å². The number of ether oxygens (including phenoxy) is 2. The maximum atomic E-state index is 11.1. The highest BCUT2D eigenvalue weighted by Crippen LogP contribution is 2.32. The molecule has 0 aliphatic heterocycles. The molecule has 0 aliphatic carbocycles. The fourth-order valence-electron chi connectivity index (χ4n) is 1.93. The first-order valence-electron chi connectivity index (χ1n) is 5.90. The number of nitrogens with two attached hydrogens (primary N) is 1. The van der Waals surface area contributed by atoms with E-state index in [9.17, 15) is 5.11 Å². The average molecular weight is 258 g/mol. The van der Waals surface area contributed by atoms with Crippen molar-refractivity contribution in [3.63, 3.8) is 0 Å². The lowest BCUT2D eigenvalue weighted by Gasteiger charge is -2.17. The van der Waals surface area contributed by atoms with Gasteiger partial charge in [-0.15, -0.1) is 0 Å². The van der Waals surface area contributed by atoms with Gasteiger partial charge in [-0.1, -0.05) is 12.1 Å². The van der Waals surface area contributed by atoms with Crippen LogP contribution in [-0.2, 0) is 5.11 Å². The summed E-state index contributed by atoms with van der Waals surface area (Å²) in [5.74, 6) is 1.35. The Balaban J connectivity index is 2.37. The lowest BCUT2D eigenvalue weighted by atomic mass is 9.98. The van der Waals surface area contributed by atoms with Crippen molar-refractivity contribution in [2.75, 3.05) is 14.2 Å². The Bertz CT molecular complexity index is 552. The van der Waals surface area contributed by atoms with Gasteiger partial charge in [0.1, 0.15) is 11.5 Å². The summed E-state index contributed by atoms with van der Waals surface area (Å²) >= 11 is 0. The van der Waals surface area contributed by atoms with E-state index in [0.717, 1.165) is 11.1 Å². The Kier molecular flexibility index (Phi) is 3.92. The van der Waals surface area contributed by atoms with Crippen LogP contribution in [0.5, 0.6) is 17.2 Å². The third-order valence-corrected chi connectivity index (χ3v) is 3.01. The van der Waals surface area contributed by atoms with E-state index in [2.05, 4.69) is 0 Å². The molecule has 0 spiro atoms. The Labute approximate surface area is 112 Å². The molecule has 1 unspecified atom stereocenters. The molecule has 1 atom stereocenters. The number of hydrogen-bond donors (Lipinski definition) is 1. The third kappa shape index (κ3) is 2.80. The fraction of sp³-hybridized carbons (Fsp3) is 0.200. The van der Waals surface area contributed by atoms with Crippen LogP contribution < -0.4 is 15.2 Å². The summed E-state index contributed by atoms with van der Waals surface area (Å²) in [7, 11) is 3.19. The molecule has 2 aromatic carbocycles. The quantitative estimate of drug-likeness (QED) is 0.917. The first kappa shape index (κ1) is 13.2. The molecule has 0 amide bonds. The summed E-state index contributed by atoms with van der Waals surface area (Å²) in [6.45, 7) is 0. The van der Waals surface area contributed by atoms with Crippen LogP contribution in [0, 0.1) is 0 Å². The van der Waals surface area contributed by atoms with E-state index in [1.54, 1.807) is 32.4 Å². The van der Waals surface area contributed by atoms with Crippen molar-refractivity contribution in [3.8, 4) is 17.2 Å². The van der Waals surface area contributed by atoms with Gasteiger partial charge in [-0.25, -0.2) is 0 Å². The van der Waals surface area contributed by atoms with Crippen LogP contribution in [0.2, 0.25) is 0 Å². The van der Waals surface area contributed by atoms with Gasteiger partial charge >= 0.3 is 0 Å². The van der Waals surface area contributed by atoms with Gasteiger partial charge in [0.2, 0.25) is 0 Å². The zero-order valence-electron chi connectivity index (χ0n) is 10.9. The van der Waals surface area contributed by atoms with Gasteiger partial charge in [-0.2, -0.15) is 0 Å². The van der Waals surface area contributed by atoms with Crippen molar-refractivity contribution < 1.29 is 14.6 Å². The van der Waals surface area contributed by atoms with E-state index >= 15 is 0 Å². The predicted molar refractivity (Wildman–Crippen MR) is 72.2 cm³/mol. The monoisotopic (exact) mass is 258 g/mol. The molecule has 0 heterocycles. The van der Waals surface area contributed by atoms with Gasteiger partial charge < -0.3 is 15.2 Å². The molecule has 1 radical (unpaired) electrons. The van der Waals surface area contributed by atoms with E-state index < -0.39 is 0 Å². The average Bonchev–Trinajstić information content (AvgIpc) is 2.46. The Hall–Kier alpha value is -2.20. The van der Waals surface area contributed by atoms with E-state index in [-0.39, 0.29) is 11.8 Å². The molecule has 19 heavy (non-hydrogen) atoms. The molecular weight excluding hydrogens is 242 g/mol. The smallest absolute Gasteiger partial charge is 0.178 e. The van der Waals surface area contributed by atoms with Crippen molar-refractivity contribution in [2.45, 2.75) is 6.04 Å². The van der Waals surface area contributed by atoms with Crippen molar-refractivity contribution in [2.24, 2.45) is 5.73 Å². The minimum Gasteiger partial charge on any atom is -0.497 e. The molecule has 2 aromatic rings. The molecule has 4 heteroatoms. The first-order chi connectivity index (χ1) is 9.15. The molecule has 0 saturated heterocycles. The van der Waals surface area contributed by atoms with E-state index in [1.165, 1.54) is 12.1 Å². The fourth-order valence-corrected chi connectivity index (χ4v) is 1.93. The molecule has 0 aliphatic rings. The Morgan fingerprint density at radius 2 is 1.68 bits per heavy atom. The number of benzene rings is 2. The van der Waals surface area contributed by atoms with Gasteiger partial charge in [0.05, 0.1) is 20.3 Å². The normalized spacial score (nSPS) is 11.9. The zero-order valence-corrected chi connectivity index (χ0v) is 10.9. The molecule has 0 aromatic heterocycles. The highest BCUT2D eigenvalue weighted by molar-refractivity contribution is 5.46. The Morgan fingerprint density at radius 1 is 1.00 bits per heavy atom.